The van der Waals surface area contributed by atoms with Crippen LogP contribution in [0.15, 0.2) is 42.3 Å². The predicted octanol–water partition coefficient (Wildman–Crippen LogP) is 5.91. The maximum Gasteiger partial charge on any atom is 0.231 e. The van der Waals surface area contributed by atoms with E-state index < -0.39 is 0 Å². The normalized spacial score (nSPS) is 23.9. The van der Waals surface area contributed by atoms with Gasteiger partial charge in [0.2, 0.25) is 5.91 Å². The summed E-state index contributed by atoms with van der Waals surface area (Å²) < 4.78 is 0. The van der Waals surface area contributed by atoms with Crippen LogP contribution in [0.1, 0.15) is 65.0 Å². The van der Waals surface area contributed by atoms with Crippen molar-refractivity contribution in [1.82, 2.24) is 9.97 Å². The lowest BCUT2D eigenvalue weighted by atomic mass is 9.44. The fraction of sp³-hybridized carbons (Fsp3) is 0.458. The number of hydrogen-bond acceptors (Lipinski definition) is 3. The van der Waals surface area contributed by atoms with Gasteiger partial charge in [0.1, 0.15) is 5.82 Å². The Morgan fingerprint density at radius 2 is 1.93 bits per heavy atom. The fourth-order valence-electron chi connectivity index (χ4n) is 4.47. The average molecular weight is 376 g/mol. The van der Waals surface area contributed by atoms with Gasteiger partial charge >= 0.3 is 0 Å². The molecule has 0 saturated heterocycles. The molecule has 2 bridgehead atoms. The van der Waals surface area contributed by atoms with Crippen molar-refractivity contribution < 1.29 is 4.79 Å². The number of nitrogens with zero attached hydrogens (tertiary/aromatic N) is 2. The minimum absolute atomic E-state index is 0.0914. The molecular formula is C24H29N3O. The van der Waals surface area contributed by atoms with Crippen LogP contribution in [0.4, 0.5) is 5.82 Å². The Labute approximate surface area is 167 Å². The van der Waals surface area contributed by atoms with Crippen molar-refractivity contribution in [2.45, 2.75) is 59.3 Å². The molecule has 3 saturated carbocycles. The van der Waals surface area contributed by atoms with Crippen molar-refractivity contribution in [3.05, 3.63) is 47.9 Å². The molecule has 3 fully saturated rings. The zero-order valence-electron chi connectivity index (χ0n) is 17.1. The molecule has 146 valence electrons. The van der Waals surface area contributed by atoms with Crippen LogP contribution in [0, 0.1) is 11.3 Å². The van der Waals surface area contributed by atoms with Crippen LogP contribution in [0.2, 0.25) is 0 Å². The van der Waals surface area contributed by atoms with Crippen LogP contribution in [0.5, 0.6) is 0 Å². The Hall–Kier alpha value is -2.49. The number of hydrogen-bond donors (Lipinski definition) is 1. The molecule has 0 aliphatic heterocycles. The first-order chi connectivity index (χ1) is 13.5. The summed E-state index contributed by atoms with van der Waals surface area (Å²) in [7, 11) is 0. The zero-order chi connectivity index (χ0) is 19.7. The average Bonchev–Trinajstić information content (AvgIpc) is 2.60. The minimum Gasteiger partial charge on any atom is -0.310 e. The molecule has 0 unspecified atom stereocenters. The summed E-state index contributed by atoms with van der Waals surface area (Å²) in [5.74, 6) is 1.55. The van der Waals surface area contributed by atoms with Gasteiger partial charge in [-0.2, -0.15) is 0 Å². The number of carbonyl (C=O) groups is 1. The highest BCUT2D eigenvalue weighted by Crippen LogP contribution is 2.64. The molecule has 2 aromatic rings. The molecule has 5 rings (SSSR count). The molecule has 0 aromatic carbocycles. The van der Waals surface area contributed by atoms with Crippen molar-refractivity contribution >= 4 is 28.1 Å². The minimum atomic E-state index is -0.0914. The van der Waals surface area contributed by atoms with Gasteiger partial charge in [0.15, 0.2) is 0 Å². The van der Waals surface area contributed by atoms with Crippen molar-refractivity contribution in [2.75, 3.05) is 5.32 Å². The number of aromatic nitrogens is 2. The molecule has 0 radical (unpaired) electrons. The highest BCUT2D eigenvalue weighted by Gasteiger charge is 2.61. The number of nitrogens with one attached hydrogen (secondary N) is 1. The second kappa shape index (κ2) is 7.50. The number of anilines is 1. The van der Waals surface area contributed by atoms with Gasteiger partial charge in [-0.15, -0.1) is 0 Å². The van der Waals surface area contributed by atoms with Gasteiger partial charge in [-0.25, -0.2) is 4.98 Å². The number of allylic oxidation sites excluding steroid dienone is 4. The van der Waals surface area contributed by atoms with E-state index in [0.717, 1.165) is 48.1 Å². The Balaban J connectivity index is 1.52. The second-order valence-corrected chi connectivity index (χ2v) is 8.43. The first kappa shape index (κ1) is 18.9. The molecule has 3 aliphatic rings. The molecule has 4 heteroatoms. The van der Waals surface area contributed by atoms with E-state index in [2.05, 4.69) is 54.3 Å². The summed E-state index contributed by atoms with van der Waals surface area (Å²) in [6.45, 7) is 6.42. The molecule has 1 N–H and O–H groups in total. The third kappa shape index (κ3) is 3.36. The van der Waals surface area contributed by atoms with Crippen LogP contribution in [-0.2, 0) is 4.79 Å². The largest absolute Gasteiger partial charge is 0.310 e. The molecule has 0 atom stereocenters. The lowest BCUT2D eigenvalue weighted by Crippen LogP contribution is -2.58. The Kier molecular flexibility index (Phi) is 5.05. The van der Waals surface area contributed by atoms with E-state index >= 15 is 0 Å². The number of amides is 1. The maximum atomic E-state index is 12.5. The lowest BCUT2D eigenvalue weighted by molar-refractivity contribution is -0.158. The first-order valence-corrected chi connectivity index (χ1v) is 10.5. The summed E-state index contributed by atoms with van der Waals surface area (Å²) in [5, 5.41) is 5.04. The van der Waals surface area contributed by atoms with Crippen LogP contribution in [-0.4, -0.2) is 15.9 Å². The van der Waals surface area contributed by atoms with Gasteiger partial charge in [-0.05, 0) is 68.7 Å². The highest BCUT2D eigenvalue weighted by molar-refractivity contribution is 5.98. The number of fused-ring (bicyclic) bond motifs is 1. The van der Waals surface area contributed by atoms with E-state index in [1.54, 1.807) is 0 Å². The molecule has 3 aliphatic carbocycles. The Morgan fingerprint density at radius 3 is 2.57 bits per heavy atom. The standard InChI is InChI=1S/C24H29N3O/c1-4-6-7-8-16(3)20(5-2)21-9-18-15-26-22(10-19(18)14-25-21)27-23(28)24-11-17(12-24)13-24/h5,8-10,14-15,17H,4,6-7,11-13H2,1-3H3,(H,26,27,28)/b16-8-,20-5+. The second-order valence-electron chi connectivity index (χ2n) is 8.43. The van der Waals surface area contributed by atoms with Gasteiger partial charge in [0.25, 0.3) is 0 Å². The van der Waals surface area contributed by atoms with E-state index in [4.69, 9.17) is 0 Å². The summed E-state index contributed by atoms with van der Waals surface area (Å²) in [4.78, 5) is 21.6. The van der Waals surface area contributed by atoms with Crippen LogP contribution < -0.4 is 5.32 Å². The summed E-state index contributed by atoms with van der Waals surface area (Å²) in [5.41, 5.74) is 3.30. The molecule has 4 nitrogen and oxygen atoms in total. The van der Waals surface area contributed by atoms with E-state index in [-0.39, 0.29) is 11.3 Å². The quantitative estimate of drug-likeness (QED) is 0.483. The van der Waals surface area contributed by atoms with E-state index in [0.29, 0.717) is 5.82 Å². The third-order valence-electron chi connectivity index (χ3n) is 6.36. The first-order valence-electron chi connectivity index (χ1n) is 10.5. The van der Waals surface area contributed by atoms with Gasteiger partial charge in [0, 0.05) is 23.2 Å². The van der Waals surface area contributed by atoms with Crippen molar-refractivity contribution in [3.63, 3.8) is 0 Å². The Bertz CT molecular complexity index is 956. The highest BCUT2D eigenvalue weighted by atomic mass is 16.2. The van der Waals surface area contributed by atoms with Crippen LogP contribution in [0.3, 0.4) is 0 Å². The lowest BCUT2D eigenvalue weighted by Gasteiger charge is -2.59. The predicted molar refractivity (Wildman–Crippen MR) is 115 cm³/mol. The van der Waals surface area contributed by atoms with Gasteiger partial charge < -0.3 is 5.32 Å². The zero-order valence-corrected chi connectivity index (χ0v) is 17.1. The topological polar surface area (TPSA) is 54.9 Å². The summed E-state index contributed by atoms with van der Waals surface area (Å²) in [6, 6.07) is 4.01. The van der Waals surface area contributed by atoms with Crippen molar-refractivity contribution in [3.8, 4) is 0 Å². The molecule has 1 amide bonds. The molecule has 28 heavy (non-hydrogen) atoms. The number of rotatable bonds is 7. The Morgan fingerprint density at radius 1 is 1.21 bits per heavy atom. The monoisotopic (exact) mass is 375 g/mol. The van der Waals surface area contributed by atoms with Gasteiger partial charge in [0.05, 0.1) is 11.1 Å². The van der Waals surface area contributed by atoms with Crippen molar-refractivity contribution in [2.24, 2.45) is 11.3 Å². The smallest absolute Gasteiger partial charge is 0.231 e. The number of unbranched alkanes of at least 4 members (excludes halogenated alkanes) is 2. The van der Waals surface area contributed by atoms with E-state index in [1.807, 2.05) is 18.5 Å². The van der Waals surface area contributed by atoms with E-state index in [9.17, 15) is 4.79 Å². The molecule has 2 heterocycles. The number of pyridine rings is 2. The maximum absolute atomic E-state index is 12.5. The summed E-state index contributed by atoms with van der Waals surface area (Å²) in [6.07, 6.45) is 14.8. The van der Waals surface area contributed by atoms with Crippen molar-refractivity contribution in [1.29, 1.82) is 0 Å². The molecule has 2 aromatic heterocycles. The SMILES string of the molecule is C/C=C(\C(C)=C/CCCC)c1cc2cnc(NC(=O)C34CC(C3)C4)cc2cn1. The fourth-order valence-corrected chi connectivity index (χ4v) is 4.47. The summed E-state index contributed by atoms with van der Waals surface area (Å²) >= 11 is 0. The number of carbonyl (C=O) groups excluding carboxylic acids is 1. The third-order valence-corrected chi connectivity index (χ3v) is 6.36. The van der Waals surface area contributed by atoms with Crippen LogP contribution >= 0.6 is 0 Å². The van der Waals surface area contributed by atoms with Gasteiger partial charge in [-0.3, -0.25) is 9.78 Å². The van der Waals surface area contributed by atoms with Gasteiger partial charge in [-0.1, -0.05) is 31.9 Å². The van der Waals surface area contributed by atoms with Crippen LogP contribution in [0.25, 0.3) is 16.3 Å². The molecule has 0 spiro atoms. The van der Waals surface area contributed by atoms with E-state index in [1.165, 1.54) is 24.0 Å². The molecular weight excluding hydrogens is 346 g/mol.